The molecule has 0 aromatic carbocycles. The Morgan fingerprint density at radius 2 is 0.809 bits per heavy atom. The van der Waals surface area contributed by atoms with Crippen molar-refractivity contribution in [2.45, 2.75) is 346 Å². The van der Waals surface area contributed by atoms with Crippen LogP contribution in [0.4, 0.5) is 0 Å². The number of carbonyl (C=O) groups excluding carboxylic acids is 1. The molecule has 7 atom stereocenters. The van der Waals surface area contributed by atoms with Crippen LogP contribution in [0, 0.1) is 0 Å². The molecule has 1 rings (SSSR count). The van der Waals surface area contributed by atoms with E-state index in [0.717, 1.165) is 38.5 Å². The van der Waals surface area contributed by atoms with E-state index in [1.165, 1.54) is 244 Å². The summed E-state index contributed by atoms with van der Waals surface area (Å²) in [6.45, 7) is 3.82. The van der Waals surface area contributed by atoms with Gasteiger partial charge in [0.25, 0.3) is 0 Å². The standard InChI is InChI=1S/C59H115NO8/c1-3-5-7-9-11-13-15-17-19-21-22-23-24-25-26-27-28-29-30-31-33-35-37-39-41-43-45-47-49-55(63)60-52(51-67-59-58(66)57(65)56(64)54(50-61)68-59)53(62)48-46-44-42-40-38-36-34-32-20-18-16-14-12-10-8-6-4-2/h46,48,52-54,56-59,61-62,64-66H,3-45,47,49-51H2,1-2H3,(H,60,63)/b48-46+/t52-,53+,54+,56+,57?,58?,59+/m0/s1. The van der Waals surface area contributed by atoms with Gasteiger partial charge in [-0.15, -0.1) is 0 Å². The molecule has 404 valence electrons. The van der Waals surface area contributed by atoms with Gasteiger partial charge in [-0.25, -0.2) is 0 Å². The Hall–Kier alpha value is -1.07. The van der Waals surface area contributed by atoms with Gasteiger partial charge in [-0.1, -0.05) is 289 Å². The van der Waals surface area contributed by atoms with E-state index in [1.54, 1.807) is 6.08 Å². The third-order valence-electron chi connectivity index (χ3n) is 14.6. The van der Waals surface area contributed by atoms with Gasteiger partial charge < -0.3 is 40.3 Å². The van der Waals surface area contributed by atoms with Crippen LogP contribution < -0.4 is 5.32 Å². The number of hydrogen-bond acceptors (Lipinski definition) is 8. The highest BCUT2D eigenvalue weighted by Crippen LogP contribution is 2.23. The van der Waals surface area contributed by atoms with Gasteiger partial charge >= 0.3 is 0 Å². The molecule has 1 amide bonds. The Balaban J connectivity index is 2.16. The zero-order chi connectivity index (χ0) is 49.4. The van der Waals surface area contributed by atoms with Crippen LogP contribution in [0.15, 0.2) is 12.2 Å². The lowest BCUT2D eigenvalue weighted by Crippen LogP contribution is -2.60. The zero-order valence-corrected chi connectivity index (χ0v) is 44.9. The molecule has 68 heavy (non-hydrogen) atoms. The van der Waals surface area contributed by atoms with Crippen LogP contribution in [0.2, 0.25) is 0 Å². The fourth-order valence-corrected chi connectivity index (χ4v) is 9.87. The van der Waals surface area contributed by atoms with Crippen molar-refractivity contribution in [1.82, 2.24) is 5.32 Å². The van der Waals surface area contributed by atoms with E-state index in [0.29, 0.717) is 6.42 Å². The number of aliphatic hydroxyl groups is 5. The second-order valence-electron chi connectivity index (χ2n) is 21.2. The van der Waals surface area contributed by atoms with Crippen molar-refractivity contribution in [1.29, 1.82) is 0 Å². The van der Waals surface area contributed by atoms with E-state index in [-0.39, 0.29) is 12.5 Å². The van der Waals surface area contributed by atoms with Gasteiger partial charge in [0, 0.05) is 6.42 Å². The molecule has 0 saturated carbocycles. The fourth-order valence-electron chi connectivity index (χ4n) is 9.87. The smallest absolute Gasteiger partial charge is 0.220 e. The highest BCUT2D eigenvalue weighted by molar-refractivity contribution is 5.76. The zero-order valence-electron chi connectivity index (χ0n) is 44.9. The van der Waals surface area contributed by atoms with Crippen LogP contribution in [0.5, 0.6) is 0 Å². The fraction of sp³-hybridized carbons (Fsp3) is 0.949. The minimum absolute atomic E-state index is 0.169. The van der Waals surface area contributed by atoms with Crippen molar-refractivity contribution in [2.75, 3.05) is 13.2 Å². The van der Waals surface area contributed by atoms with E-state index in [9.17, 15) is 30.3 Å². The first-order valence-corrected chi connectivity index (χ1v) is 29.9. The van der Waals surface area contributed by atoms with Crippen molar-refractivity contribution in [3.05, 3.63) is 12.2 Å². The number of nitrogens with one attached hydrogen (secondary N) is 1. The molecule has 1 aliphatic rings. The van der Waals surface area contributed by atoms with Crippen molar-refractivity contribution < 1.29 is 39.8 Å². The number of allylic oxidation sites excluding steroid dienone is 1. The van der Waals surface area contributed by atoms with E-state index in [1.807, 2.05) is 6.08 Å². The summed E-state index contributed by atoms with van der Waals surface area (Å²) in [5.41, 5.74) is 0. The highest BCUT2D eigenvalue weighted by Gasteiger charge is 2.44. The van der Waals surface area contributed by atoms with Crippen LogP contribution in [0.3, 0.4) is 0 Å². The molecule has 9 heteroatoms. The number of unbranched alkanes of at least 4 members (excludes halogenated alkanes) is 42. The Labute approximate surface area is 420 Å². The average Bonchev–Trinajstić information content (AvgIpc) is 3.34. The lowest BCUT2D eigenvalue weighted by Gasteiger charge is -2.40. The average molecular weight is 967 g/mol. The summed E-state index contributed by atoms with van der Waals surface area (Å²) < 4.78 is 11.3. The predicted octanol–water partition coefficient (Wildman–Crippen LogP) is 14.8. The summed E-state index contributed by atoms with van der Waals surface area (Å²) in [7, 11) is 0. The molecule has 0 aromatic heterocycles. The molecule has 0 spiro atoms. The normalized spacial score (nSPS) is 19.5. The first-order valence-electron chi connectivity index (χ1n) is 29.9. The molecular formula is C59H115NO8. The van der Waals surface area contributed by atoms with Gasteiger partial charge in [0.15, 0.2) is 6.29 Å². The monoisotopic (exact) mass is 966 g/mol. The molecule has 0 aliphatic carbocycles. The lowest BCUT2D eigenvalue weighted by molar-refractivity contribution is -0.302. The quantitative estimate of drug-likeness (QED) is 0.0261. The minimum Gasteiger partial charge on any atom is -0.394 e. The second kappa shape index (κ2) is 49.5. The molecule has 1 fully saturated rings. The SMILES string of the molecule is CCCCCCCCCCCCCCCCC/C=C/[C@@H](O)[C@H](CO[C@@H]1O[C@H](CO)[C@@H](O)C(O)C1O)NC(=O)CCCCCCCCCCCCCCCCCCCCCCCCCCCCCC. The summed E-state index contributed by atoms with van der Waals surface area (Å²) in [6, 6.07) is -0.800. The van der Waals surface area contributed by atoms with Crippen LogP contribution in [-0.2, 0) is 14.3 Å². The van der Waals surface area contributed by atoms with Crippen molar-refractivity contribution in [3.63, 3.8) is 0 Å². The number of hydrogen-bond donors (Lipinski definition) is 6. The van der Waals surface area contributed by atoms with Gasteiger partial charge in [-0.3, -0.25) is 4.79 Å². The summed E-state index contributed by atoms with van der Waals surface area (Å²) >= 11 is 0. The molecule has 1 saturated heterocycles. The molecule has 0 bridgehead atoms. The number of rotatable bonds is 52. The molecule has 2 unspecified atom stereocenters. The van der Waals surface area contributed by atoms with E-state index >= 15 is 0 Å². The largest absolute Gasteiger partial charge is 0.394 e. The third kappa shape index (κ3) is 38.6. The Kier molecular flexibility index (Phi) is 47.3. The highest BCUT2D eigenvalue weighted by atomic mass is 16.7. The number of aliphatic hydroxyl groups excluding tert-OH is 5. The van der Waals surface area contributed by atoms with Crippen LogP contribution in [0.1, 0.15) is 303 Å². The lowest BCUT2D eigenvalue weighted by atomic mass is 9.99. The van der Waals surface area contributed by atoms with E-state index in [4.69, 9.17) is 9.47 Å². The number of ether oxygens (including phenoxy) is 2. The Morgan fingerprint density at radius 1 is 0.485 bits per heavy atom. The Morgan fingerprint density at radius 3 is 1.15 bits per heavy atom. The summed E-state index contributed by atoms with van der Waals surface area (Å²) in [5, 5.41) is 54.5. The van der Waals surface area contributed by atoms with E-state index < -0.39 is 49.5 Å². The third-order valence-corrected chi connectivity index (χ3v) is 14.6. The number of carbonyl (C=O) groups is 1. The minimum atomic E-state index is -1.56. The predicted molar refractivity (Wildman–Crippen MR) is 286 cm³/mol. The maximum Gasteiger partial charge on any atom is 0.220 e. The van der Waals surface area contributed by atoms with Gasteiger partial charge in [0.05, 0.1) is 25.4 Å². The molecule has 9 nitrogen and oxygen atoms in total. The molecule has 0 radical (unpaired) electrons. The van der Waals surface area contributed by atoms with Gasteiger partial charge in [-0.2, -0.15) is 0 Å². The molecule has 0 aromatic rings. The van der Waals surface area contributed by atoms with Gasteiger partial charge in [0.2, 0.25) is 5.91 Å². The Bertz CT molecular complexity index is 1080. The summed E-state index contributed by atoms with van der Waals surface area (Å²) in [5.74, 6) is -0.169. The maximum atomic E-state index is 13.1. The maximum absolute atomic E-state index is 13.1. The summed E-state index contributed by atoms with van der Waals surface area (Å²) in [6.07, 6.45) is 54.3. The summed E-state index contributed by atoms with van der Waals surface area (Å²) in [4.78, 5) is 13.1. The van der Waals surface area contributed by atoms with Crippen molar-refractivity contribution >= 4 is 5.91 Å². The topological polar surface area (TPSA) is 149 Å². The first-order chi connectivity index (χ1) is 33.3. The van der Waals surface area contributed by atoms with Gasteiger partial charge in [0.1, 0.15) is 24.4 Å². The van der Waals surface area contributed by atoms with Crippen molar-refractivity contribution in [2.24, 2.45) is 0 Å². The first kappa shape index (κ1) is 64.9. The van der Waals surface area contributed by atoms with Crippen LogP contribution in [-0.4, -0.2) is 87.5 Å². The van der Waals surface area contributed by atoms with Gasteiger partial charge in [-0.05, 0) is 19.3 Å². The second-order valence-corrected chi connectivity index (χ2v) is 21.2. The van der Waals surface area contributed by atoms with Crippen molar-refractivity contribution in [3.8, 4) is 0 Å². The van der Waals surface area contributed by atoms with Crippen LogP contribution >= 0.6 is 0 Å². The molecule has 6 N–H and O–H groups in total. The molecule has 1 heterocycles. The molecular weight excluding hydrogens is 851 g/mol. The van der Waals surface area contributed by atoms with Crippen LogP contribution in [0.25, 0.3) is 0 Å². The van der Waals surface area contributed by atoms with E-state index in [2.05, 4.69) is 19.2 Å². The molecule has 1 aliphatic heterocycles. The number of amides is 1.